The minimum atomic E-state index is -0.949. The molecule has 1 N–H and O–H groups in total. The third kappa shape index (κ3) is 2.49. The predicted molar refractivity (Wildman–Crippen MR) is 88.2 cm³/mol. The third-order valence-corrected chi connectivity index (χ3v) is 4.38. The molecule has 0 aliphatic carbocycles. The van der Waals surface area contributed by atoms with Crippen LogP contribution in [0.4, 0.5) is 0 Å². The second kappa shape index (κ2) is 5.27. The van der Waals surface area contributed by atoms with E-state index < -0.39 is 5.97 Å². The van der Waals surface area contributed by atoms with Crippen LogP contribution in [0.2, 0.25) is 0 Å². The van der Waals surface area contributed by atoms with Crippen molar-refractivity contribution in [2.45, 2.75) is 6.92 Å². The van der Waals surface area contributed by atoms with Crippen molar-refractivity contribution in [3.8, 4) is 5.69 Å². The van der Waals surface area contributed by atoms with Crippen LogP contribution in [0, 0.1) is 6.92 Å². The number of rotatable bonds is 2. The van der Waals surface area contributed by atoms with Crippen LogP contribution in [0.5, 0.6) is 0 Å². The number of carboxylic acid groups (broad SMARTS) is 1. The number of halogens is 2. The molecule has 0 aliphatic rings. The van der Waals surface area contributed by atoms with E-state index in [9.17, 15) is 4.79 Å². The molecule has 2 aromatic carbocycles. The fourth-order valence-electron chi connectivity index (χ4n) is 2.29. The van der Waals surface area contributed by atoms with Crippen LogP contribution < -0.4 is 0 Å². The highest BCUT2D eigenvalue weighted by Gasteiger charge is 2.14. The Morgan fingerprint density at radius 3 is 2.67 bits per heavy atom. The highest BCUT2D eigenvalue weighted by Crippen LogP contribution is 2.30. The van der Waals surface area contributed by atoms with E-state index in [4.69, 9.17) is 5.11 Å². The van der Waals surface area contributed by atoms with Gasteiger partial charge in [-0.05, 0) is 59.3 Å². The van der Waals surface area contributed by atoms with Gasteiger partial charge in [-0.25, -0.2) is 9.78 Å². The van der Waals surface area contributed by atoms with Gasteiger partial charge in [-0.3, -0.25) is 4.57 Å². The van der Waals surface area contributed by atoms with Crippen LogP contribution in [0.1, 0.15) is 16.2 Å². The Labute approximate surface area is 137 Å². The summed E-state index contributed by atoms with van der Waals surface area (Å²) >= 11 is 6.99. The molecule has 3 rings (SSSR count). The van der Waals surface area contributed by atoms with Crippen LogP contribution in [0.15, 0.2) is 45.3 Å². The number of carboxylic acids is 1. The summed E-state index contributed by atoms with van der Waals surface area (Å²) in [6, 6.07) is 10.8. The van der Waals surface area contributed by atoms with Gasteiger partial charge in [-0.2, -0.15) is 0 Å². The SMILES string of the molecule is Cc1nc2ccc(C(=O)O)cc2n1-c1cc(Br)ccc1Br. The molecule has 4 nitrogen and oxygen atoms in total. The van der Waals surface area contributed by atoms with Crippen LogP contribution in [-0.2, 0) is 0 Å². The standard InChI is InChI=1S/C15H10Br2N2O2/c1-8-18-12-5-2-9(15(20)21)6-14(12)19(8)13-7-10(16)3-4-11(13)17/h2-7H,1H3,(H,20,21). The Hall–Kier alpha value is -1.66. The molecular weight excluding hydrogens is 400 g/mol. The average Bonchev–Trinajstić information content (AvgIpc) is 2.76. The van der Waals surface area contributed by atoms with E-state index in [1.807, 2.05) is 29.7 Å². The maximum absolute atomic E-state index is 11.2. The zero-order valence-electron chi connectivity index (χ0n) is 11.0. The van der Waals surface area contributed by atoms with Gasteiger partial charge in [0, 0.05) is 8.95 Å². The van der Waals surface area contributed by atoms with E-state index in [1.54, 1.807) is 18.2 Å². The first-order valence-corrected chi connectivity index (χ1v) is 7.74. The number of aromatic nitrogens is 2. The summed E-state index contributed by atoms with van der Waals surface area (Å²) in [5, 5.41) is 9.16. The fraction of sp³-hybridized carbons (Fsp3) is 0.0667. The molecule has 106 valence electrons. The Morgan fingerprint density at radius 1 is 1.19 bits per heavy atom. The van der Waals surface area contributed by atoms with Crippen molar-refractivity contribution in [1.29, 1.82) is 0 Å². The van der Waals surface area contributed by atoms with Gasteiger partial charge in [-0.15, -0.1) is 0 Å². The van der Waals surface area contributed by atoms with E-state index in [0.717, 1.165) is 31.5 Å². The number of nitrogens with zero attached hydrogens (tertiary/aromatic N) is 2. The Morgan fingerprint density at radius 2 is 1.95 bits per heavy atom. The molecule has 0 amide bonds. The normalized spacial score (nSPS) is 11.0. The molecule has 0 radical (unpaired) electrons. The minimum Gasteiger partial charge on any atom is -0.478 e. The molecule has 0 bridgehead atoms. The molecule has 1 aromatic heterocycles. The first-order chi connectivity index (χ1) is 9.97. The van der Waals surface area contributed by atoms with Gasteiger partial charge in [-0.1, -0.05) is 15.9 Å². The maximum atomic E-state index is 11.2. The molecule has 0 fully saturated rings. The Balaban J connectivity index is 2.35. The summed E-state index contributed by atoms with van der Waals surface area (Å²) in [6.45, 7) is 1.90. The molecule has 0 aliphatic heterocycles. The summed E-state index contributed by atoms with van der Waals surface area (Å²) in [5.41, 5.74) is 2.69. The molecule has 0 saturated heterocycles. The molecule has 21 heavy (non-hydrogen) atoms. The third-order valence-electron chi connectivity index (χ3n) is 3.22. The van der Waals surface area contributed by atoms with Gasteiger partial charge < -0.3 is 5.11 Å². The van der Waals surface area contributed by atoms with E-state index in [1.165, 1.54) is 0 Å². The van der Waals surface area contributed by atoms with Crippen molar-refractivity contribution in [2.24, 2.45) is 0 Å². The van der Waals surface area contributed by atoms with Gasteiger partial charge >= 0.3 is 5.97 Å². The number of hydrogen-bond acceptors (Lipinski definition) is 2. The fourth-order valence-corrected chi connectivity index (χ4v) is 3.06. The quantitative estimate of drug-likeness (QED) is 0.675. The van der Waals surface area contributed by atoms with Crippen molar-refractivity contribution >= 4 is 48.9 Å². The van der Waals surface area contributed by atoms with Crippen molar-refractivity contribution in [3.63, 3.8) is 0 Å². The van der Waals surface area contributed by atoms with Crippen molar-refractivity contribution in [1.82, 2.24) is 9.55 Å². The predicted octanol–water partition coefficient (Wildman–Crippen LogP) is 4.56. The Bertz CT molecular complexity index is 871. The monoisotopic (exact) mass is 408 g/mol. The lowest BCUT2D eigenvalue weighted by Gasteiger charge is -2.10. The van der Waals surface area contributed by atoms with Gasteiger partial charge in [0.25, 0.3) is 0 Å². The number of fused-ring (bicyclic) bond motifs is 1. The highest BCUT2D eigenvalue weighted by molar-refractivity contribution is 9.11. The lowest BCUT2D eigenvalue weighted by Crippen LogP contribution is -2.00. The van der Waals surface area contributed by atoms with E-state index in [2.05, 4.69) is 36.8 Å². The molecular formula is C15H10Br2N2O2. The number of aromatic carboxylic acids is 1. The molecule has 6 heteroatoms. The average molecular weight is 410 g/mol. The van der Waals surface area contributed by atoms with Gasteiger partial charge in [0.15, 0.2) is 0 Å². The van der Waals surface area contributed by atoms with Crippen LogP contribution in [0.25, 0.3) is 16.7 Å². The van der Waals surface area contributed by atoms with E-state index >= 15 is 0 Å². The summed E-state index contributed by atoms with van der Waals surface area (Å²) in [4.78, 5) is 15.7. The number of carbonyl (C=O) groups is 1. The molecule has 0 unspecified atom stereocenters. The summed E-state index contributed by atoms with van der Waals surface area (Å²) in [6.07, 6.45) is 0. The molecule has 0 saturated carbocycles. The lowest BCUT2D eigenvalue weighted by molar-refractivity contribution is 0.0697. The molecule has 0 spiro atoms. The van der Waals surface area contributed by atoms with E-state index in [0.29, 0.717) is 0 Å². The number of aryl methyl sites for hydroxylation is 1. The zero-order valence-corrected chi connectivity index (χ0v) is 14.1. The maximum Gasteiger partial charge on any atom is 0.335 e. The molecule has 0 atom stereocenters. The highest BCUT2D eigenvalue weighted by atomic mass is 79.9. The largest absolute Gasteiger partial charge is 0.478 e. The number of hydrogen-bond donors (Lipinski definition) is 1. The molecule has 1 heterocycles. The molecule has 3 aromatic rings. The van der Waals surface area contributed by atoms with Gasteiger partial charge in [0.1, 0.15) is 5.82 Å². The minimum absolute atomic E-state index is 0.245. The summed E-state index contributed by atoms with van der Waals surface area (Å²) in [5.74, 6) is -0.151. The van der Waals surface area contributed by atoms with Crippen LogP contribution >= 0.6 is 31.9 Å². The van der Waals surface area contributed by atoms with Crippen LogP contribution in [-0.4, -0.2) is 20.6 Å². The van der Waals surface area contributed by atoms with Gasteiger partial charge in [0.2, 0.25) is 0 Å². The summed E-state index contributed by atoms with van der Waals surface area (Å²) in [7, 11) is 0. The first-order valence-electron chi connectivity index (χ1n) is 6.15. The lowest BCUT2D eigenvalue weighted by atomic mass is 10.2. The van der Waals surface area contributed by atoms with E-state index in [-0.39, 0.29) is 5.56 Å². The van der Waals surface area contributed by atoms with Crippen molar-refractivity contribution in [3.05, 3.63) is 56.7 Å². The van der Waals surface area contributed by atoms with Crippen molar-refractivity contribution < 1.29 is 9.90 Å². The first kappa shape index (κ1) is 14.3. The van der Waals surface area contributed by atoms with Crippen LogP contribution in [0.3, 0.4) is 0 Å². The Kier molecular flexibility index (Phi) is 3.59. The topological polar surface area (TPSA) is 55.1 Å². The zero-order chi connectivity index (χ0) is 15.1. The second-order valence-corrected chi connectivity index (χ2v) is 6.37. The summed E-state index contributed by atoms with van der Waals surface area (Å²) < 4.78 is 3.79. The smallest absolute Gasteiger partial charge is 0.335 e. The number of imidazole rings is 1. The number of benzene rings is 2. The second-order valence-electron chi connectivity index (χ2n) is 4.60. The van der Waals surface area contributed by atoms with Crippen molar-refractivity contribution in [2.75, 3.05) is 0 Å². The van der Waals surface area contributed by atoms with Gasteiger partial charge in [0.05, 0.1) is 22.3 Å².